The standard InChI is InChI=1S/C14H11BrN2O/c1-8-6-9(16)7-12-13(8)18-14(17-12)10-4-2-3-5-11(10)15/h2-7H,16H2,1H3. The van der Waals surface area contributed by atoms with E-state index in [-0.39, 0.29) is 0 Å². The summed E-state index contributed by atoms with van der Waals surface area (Å²) >= 11 is 3.50. The molecular weight excluding hydrogens is 292 g/mol. The van der Waals surface area contributed by atoms with Gasteiger partial charge in [-0.25, -0.2) is 4.98 Å². The van der Waals surface area contributed by atoms with Gasteiger partial charge in [0.1, 0.15) is 5.52 Å². The highest BCUT2D eigenvalue weighted by Crippen LogP contribution is 2.31. The lowest BCUT2D eigenvalue weighted by Gasteiger charge is -1.97. The van der Waals surface area contributed by atoms with Crippen molar-refractivity contribution in [1.29, 1.82) is 0 Å². The topological polar surface area (TPSA) is 52.0 Å². The Morgan fingerprint density at radius 3 is 2.78 bits per heavy atom. The van der Waals surface area contributed by atoms with E-state index >= 15 is 0 Å². The van der Waals surface area contributed by atoms with Gasteiger partial charge in [0.2, 0.25) is 5.89 Å². The summed E-state index contributed by atoms with van der Waals surface area (Å²) in [6.45, 7) is 1.97. The second-order valence-corrected chi connectivity index (χ2v) is 5.04. The molecule has 0 amide bonds. The molecule has 1 heterocycles. The van der Waals surface area contributed by atoms with Gasteiger partial charge >= 0.3 is 0 Å². The van der Waals surface area contributed by atoms with Crippen molar-refractivity contribution >= 4 is 32.7 Å². The maximum atomic E-state index is 5.82. The van der Waals surface area contributed by atoms with Gasteiger partial charge < -0.3 is 10.2 Å². The maximum absolute atomic E-state index is 5.82. The number of hydrogen-bond donors (Lipinski definition) is 1. The van der Waals surface area contributed by atoms with Gasteiger partial charge in [0.25, 0.3) is 0 Å². The summed E-state index contributed by atoms with van der Waals surface area (Å²) in [6, 6.07) is 11.6. The highest BCUT2D eigenvalue weighted by Gasteiger charge is 2.12. The number of nitrogens with zero attached hydrogens (tertiary/aromatic N) is 1. The zero-order chi connectivity index (χ0) is 12.7. The summed E-state index contributed by atoms with van der Waals surface area (Å²) < 4.78 is 6.78. The molecular formula is C14H11BrN2O. The van der Waals surface area contributed by atoms with Gasteiger partial charge in [0, 0.05) is 10.2 Å². The maximum Gasteiger partial charge on any atom is 0.228 e. The van der Waals surface area contributed by atoms with Crippen molar-refractivity contribution in [3.8, 4) is 11.5 Å². The number of oxazole rings is 1. The van der Waals surface area contributed by atoms with Crippen molar-refractivity contribution in [3.05, 3.63) is 46.4 Å². The molecule has 4 heteroatoms. The lowest BCUT2D eigenvalue weighted by Crippen LogP contribution is -1.85. The Kier molecular flexibility index (Phi) is 2.59. The molecule has 0 spiro atoms. The first-order chi connectivity index (χ1) is 8.65. The number of aryl methyl sites for hydroxylation is 1. The molecule has 0 bridgehead atoms. The van der Waals surface area contributed by atoms with Gasteiger partial charge in [-0.1, -0.05) is 12.1 Å². The van der Waals surface area contributed by atoms with Crippen molar-refractivity contribution in [2.24, 2.45) is 0 Å². The third-order valence-electron chi connectivity index (χ3n) is 2.80. The molecule has 0 aliphatic rings. The van der Waals surface area contributed by atoms with Gasteiger partial charge in [0.15, 0.2) is 5.58 Å². The summed E-state index contributed by atoms with van der Waals surface area (Å²) in [5, 5.41) is 0. The first-order valence-electron chi connectivity index (χ1n) is 5.57. The predicted molar refractivity (Wildman–Crippen MR) is 76.3 cm³/mol. The van der Waals surface area contributed by atoms with E-state index in [9.17, 15) is 0 Å². The van der Waals surface area contributed by atoms with Crippen LogP contribution in [0.1, 0.15) is 5.56 Å². The fraction of sp³-hybridized carbons (Fsp3) is 0.0714. The lowest BCUT2D eigenvalue weighted by molar-refractivity contribution is 0.617. The third-order valence-corrected chi connectivity index (χ3v) is 3.49. The van der Waals surface area contributed by atoms with Crippen LogP contribution in [-0.2, 0) is 0 Å². The number of hydrogen-bond acceptors (Lipinski definition) is 3. The minimum atomic E-state index is 0.603. The van der Waals surface area contributed by atoms with E-state index in [4.69, 9.17) is 10.2 Å². The molecule has 3 nitrogen and oxygen atoms in total. The van der Waals surface area contributed by atoms with Crippen molar-refractivity contribution in [3.63, 3.8) is 0 Å². The first kappa shape index (κ1) is 11.3. The van der Waals surface area contributed by atoms with Gasteiger partial charge in [-0.2, -0.15) is 0 Å². The molecule has 0 aliphatic heterocycles. The number of halogens is 1. The summed E-state index contributed by atoms with van der Waals surface area (Å²) in [5.41, 5.74) is 10.0. The Balaban J connectivity index is 2.26. The average molecular weight is 303 g/mol. The Labute approximate surface area is 113 Å². The number of anilines is 1. The van der Waals surface area contributed by atoms with Crippen molar-refractivity contribution < 1.29 is 4.42 Å². The molecule has 3 rings (SSSR count). The zero-order valence-corrected chi connectivity index (χ0v) is 11.4. The second kappa shape index (κ2) is 4.14. The van der Waals surface area contributed by atoms with Crippen LogP contribution < -0.4 is 5.73 Å². The van der Waals surface area contributed by atoms with Crippen LogP contribution in [0.25, 0.3) is 22.6 Å². The summed E-state index contributed by atoms with van der Waals surface area (Å²) in [7, 11) is 0. The molecule has 2 aromatic carbocycles. The van der Waals surface area contributed by atoms with E-state index in [1.165, 1.54) is 0 Å². The van der Waals surface area contributed by atoms with Crippen LogP contribution in [0.3, 0.4) is 0 Å². The number of nitrogen functional groups attached to an aromatic ring is 1. The molecule has 3 aromatic rings. The van der Waals surface area contributed by atoms with Gasteiger partial charge in [-0.3, -0.25) is 0 Å². The molecule has 0 fully saturated rings. The second-order valence-electron chi connectivity index (χ2n) is 4.18. The average Bonchev–Trinajstić information content (AvgIpc) is 2.73. The van der Waals surface area contributed by atoms with Crippen LogP contribution in [0.4, 0.5) is 5.69 Å². The zero-order valence-electron chi connectivity index (χ0n) is 9.77. The van der Waals surface area contributed by atoms with E-state index in [0.717, 1.165) is 26.7 Å². The Morgan fingerprint density at radius 1 is 1.22 bits per heavy atom. The van der Waals surface area contributed by atoms with E-state index in [1.807, 2.05) is 43.3 Å². The van der Waals surface area contributed by atoms with Crippen LogP contribution in [0.5, 0.6) is 0 Å². The minimum absolute atomic E-state index is 0.603. The molecule has 0 atom stereocenters. The minimum Gasteiger partial charge on any atom is -0.436 e. The van der Waals surface area contributed by atoms with Gasteiger partial charge in [-0.15, -0.1) is 0 Å². The van der Waals surface area contributed by atoms with Crippen LogP contribution in [0.2, 0.25) is 0 Å². The molecule has 18 heavy (non-hydrogen) atoms. The summed E-state index contributed by atoms with van der Waals surface area (Å²) in [6.07, 6.45) is 0. The fourth-order valence-electron chi connectivity index (χ4n) is 1.98. The molecule has 0 unspecified atom stereocenters. The molecule has 90 valence electrons. The lowest BCUT2D eigenvalue weighted by atomic mass is 10.2. The molecule has 0 aliphatic carbocycles. The quantitative estimate of drug-likeness (QED) is 0.687. The predicted octanol–water partition coefficient (Wildman–Crippen LogP) is 4.15. The van der Waals surface area contributed by atoms with E-state index < -0.39 is 0 Å². The van der Waals surface area contributed by atoms with Crippen LogP contribution in [-0.4, -0.2) is 4.98 Å². The fourth-order valence-corrected chi connectivity index (χ4v) is 2.43. The summed E-state index contributed by atoms with van der Waals surface area (Å²) in [4.78, 5) is 4.49. The SMILES string of the molecule is Cc1cc(N)cc2nc(-c3ccccc3Br)oc12. The van der Waals surface area contributed by atoms with Crippen LogP contribution in [0, 0.1) is 6.92 Å². The Morgan fingerprint density at radius 2 is 2.00 bits per heavy atom. The van der Waals surface area contributed by atoms with Gasteiger partial charge in [0.05, 0.1) is 5.56 Å². The molecule has 0 radical (unpaired) electrons. The molecule has 2 N–H and O–H groups in total. The Bertz CT molecular complexity index is 734. The highest BCUT2D eigenvalue weighted by atomic mass is 79.9. The van der Waals surface area contributed by atoms with Crippen molar-refractivity contribution in [2.75, 3.05) is 5.73 Å². The van der Waals surface area contributed by atoms with Crippen molar-refractivity contribution in [2.45, 2.75) is 6.92 Å². The largest absolute Gasteiger partial charge is 0.436 e. The first-order valence-corrected chi connectivity index (χ1v) is 6.36. The molecule has 0 saturated heterocycles. The third kappa shape index (κ3) is 1.78. The number of benzene rings is 2. The van der Waals surface area contributed by atoms with E-state index in [2.05, 4.69) is 20.9 Å². The smallest absolute Gasteiger partial charge is 0.228 e. The summed E-state index contributed by atoms with van der Waals surface area (Å²) in [5.74, 6) is 0.603. The molecule has 1 aromatic heterocycles. The molecule has 0 saturated carbocycles. The Hall–Kier alpha value is -1.81. The van der Waals surface area contributed by atoms with E-state index in [0.29, 0.717) is 11.6 Å². The van der Waals surface area contributed by atoms with Gasteiger partial charge in [-0.05, 0) is 52.7 Å². The number of fused-ring (bicyclic) bond motifs is 1. The monoisotopic (exact) mass is 302 g/mol. The van der Waals surface area contributed by atoms with Crippen LogP contribution in [0.15, 0.2) is 45.3 Å². The van der Waals surface area contributed by atoms with Crippen LogP contribution >= 0.6 is 15.9 Å². The normalized spacial score (nSPS) is 11.0. The van der Waals surface area contributed by atoms with E-state index in [1.54, 1.807) is 0 Å². The highest BCUT2D eigenvalue weighted by molar-refractivity contribution is 9.10. The van der Waals surface area contributed by atoms with Crippen molar-refractivity contribution in [1.82, 2.24) is 4.98 Å². The number of aromatic nitrogens is 1. The number of rotatable bonds is 1. The number of nitrogens with two attached hydrogens (primary N) is 1.